The van der Waals surface area contributed by atoms with Crippen LogP contribution in [0.15, 0.2) is 41.8 Å². The summed E-state index contributed by atoms with van der Waals surface area (Å²) in [5, 5.41) is 5.66. The number of benzene rings is 1. The molecule has 0 bridgehead atoms. The van der Waals surface area contributed by atoms with E-state index in [0.29, 0.717) is 6.04 Å². The number of nitrogens with one attached hydrogen (secondary N) is 1. The summed E-state index contributed by atoms with van der Waals surface area (Å²) in [6, 6.07) is 13.5. The van der Waals surface area contributed by atoms with Gasteiger partial charge in [0.1, 0.15) is 0 Å². The Morgan fingerprint density at radius 2 is 2.11 bits per heavy atom. The maximum absolute atomic E-state index is 3.50. The highest BCUT2D eigenvalue weighted by Crippen LogP contribution is 2.32. The van der Waals surface area contributed by atoms with Gasteiger partial charge in [-0.2, -0.15) is 0 Å². The van der Waals surface area contributed by atoms with Gasteiger partial charge in [-0.05, 0) is 30.0 Å². The Morgan fingerprint density at radius 1 is 1.22 bits per heavy atom. The molecule has 1 atom stereocenters. The van der Waals surface area contributed by atoms with Crippen molar-refractivity contribution in [2.75, 3.05) is 18.0 Å². The fourth-order valence-electron chi connectivity index (χ4n) is 2.57. The zero-order valence-corrected chi connectivity index (χ0v) is 11.4. The molecule has 3 rings (SSSR count). The fraction of sp³-hybridized carbons (Fsp3) is 0.333. The van der Waals surface area contributed by atoms with Gasteiger partial charge in [0.25, 0.3) is 0 Å². The molecule has 1 aromatic carbocycles. The van der Waals surface area contributed by atoms with Crippen molar-refractivity contribution < 1.29 is 0 Å². The minimum Gasteiger partial charge on any atom is -0.362 e. The summed E-state index contributed by atoms with van der Waals surface area (Å²) in [6.07, 6.45) is 0. The first-order chi connectivity index (χ1) is 8.86. The predicted octanol–water partition coefficient (Wildman–Crippen LogP) is 3.42. The molecule has 0 saturated heterocycles. The molecule has 2 aromatic rings. The average Bonchev–Trinajstić information content (AvgIpc) is 2.85. The number of anilines is 1. The summed E-state index contributed by atoms with van der Waals surface area (Å²) in [4.78, 5) is 3.95. The lowest BCUT2D eigenvalue weighted by Gasteiger charge is -2.30. The van der Waals surface area contributed by atoms with Crippen molar-refractivity contribution in [2.45, 2.75) is 19.5 Å². The molecule has 0 aliphatic carbocycles. The van der Waals surface area contributed by atoms with Crippen LogP contribution in [0.3, 0.4) is 0 Å². The maximum atomic E-state index is 3.50. The topological polar surface area (TPSA) is 15.3 Å². The molecular formula is C15H18N2S. The van der Waals surface area contributed by atoms with Crippen molar-refractivity contribution in [2.24, 2.45) is 0 Å². The van der Waals surface area contributed by atoms with Crippen LogP contribution in [0.1, 0.15) is 23.4 Å². The maximum Gasteiger partial charge on any atom is 0.0607 e. The molecule has 0 radical (unpaired) electrons. The molecule has 0 fully saturated rings. The number of thiophene rings is 1. The van der Waals surface area contributed by atoms with E-state index in [-0.39, 0.29) is 0 Å². The number of hydrogen-bond acceptors (Lipinski definition) is 3. The lowest BCUT2D eigenvalue weighted by Crippen LogP contribution is -2.30. The standard InChI is InChI=1S/C15H18N2S/c1-12(15-7-4-10-18-15)17-9-8-16-11-13-5-2-3-6-14(13)17/h2-7,10,12,16H,8-9,11H2,1H3. The molecule has 1 aromatic heterocycles. The van der Waals surface area contributed by atoms with E-state index in [1.165, 1.54) is 16.1 Å². The SMILES string of the molecule is CC(c1cccs1)N1CCNCc2ccccc21. The highest BCUT2D eigenvalue weighted by Gasteiger charge is 2.21. The Labute approximate surface area is 112 Å². The minimum absolute atomic E-state index is 0.450. The van der Waals surface area contributed by atoms with E-state index in [2.05, 4.69) is 58.9 Å². The molecule has 2 nitrogen and oxygen atoms in total. The molecule has 1 unspecified atom stereocenters. The van der Waals surface area contributed by atoms with Crippen molar-refractivity contribution >= 4 is 17.0 Å². The van der Waals surface area contributed by atoms with E-state index in [1.54, 1.807) is 0 Å². The Morgan fingerprint density at radius 3 is 2.94 bits per heavy atom. The Kier molecular flexibility index (Phi) is 3.35. The van der Waals surface area contributed by atoms with E-state index < -0.39 is 0 Å². The van der Waals surface area contributed by atoms with E-state index in [1.807, 2.05) is 11.3 Å². The van der Waals surface area contributed by atoms with Gasteiger partial charge in [0, 0.05) is 30.2 Å². The predicted molar refractivity (Wildman–Crippen MR) is 78.2 cm³/mol. The quantitative estimate of drug-likeness (QED) is 0.888. The third-order valence-electron chi connectivity index (χ3n) is 3.57. The highest BCUT2D eigenvalue weighted by atomic mass is 32.1. The van der Waals surface area contributed by atoms with Crippen molar-refractivity contribution in [3.8, 4) is 0 Å². The number of hydrogen-bond donors (Lipinski definition) is 1. The van der Waals surface area contributed by atoms with E-state index in [9.17, 15) is 0 Å². The van der Waals surface area contributed by atoms with Crippen molar-refractivity contribution in [1.82, 2.24) is 5.32 Å². The molecule has 1 aliphatic heterocycles. The second-order valence-corrected chi connectivity index (χ2v) is 5.67. The monoisotopic (exact) mass is 258 g/mol. The van der Waals surface area contributed by atoms with Gasteiger partial charge in [-0.25, -0.2) is 0 Å². The van der Waals surface area contributed by atoms with Crippen LogP contribution in [0.25, 0.3) is 0 Å². The minimum atomic E-state index is 0.450. The van der Waals surface area contributed by atoms with Crippen LogP contribution in [-0.2, 0) is 6.54 Å². The third-order valence-corrected chi connectivity index (χ3v) is 4.61. The van der Waals surface area contributed by atoms with Crippen LogP contribution in [0.5, 0.6) is 0 Å². The summed E-state index contributed by atoms with van der Waals surface area (Å²) in [7, 11) is 0. The molecule has 1 aliphatic rings. The zero-order chi connectivity index (χ0) is 12.4. The molecule has 0 spiro atoms. The summed E-state index contributed by atoms with van der Waals surface area (Å²) < 4.78 is 0. The van der Waals surface area contributed by atoms with Crippen LogP contribution in [0.4, 0.5) is 5.69 Å². The van der Waals surface area contributed by atoms with Gasteiger partial charge < -0.3 is 10.2 Å². The molecule has 2 heterocycles. The first-order valence-electron chi connectivity index (χ1n) is 6.45. The second kappa shape index (κ2) is 5.12. The Hall–Kier alpha value is -1.32. The summed E-state index contributed by atoms with van der Waals surface area (Å²) >= 11 is 1.84. The van der Waals surface area contributed by atoms with Gasteiger partial charge in [-0.1, -0.05) is 24.3 Å². The lowest BCUT2D eigenvalue weighted by molar-refractivity contribution is 0.644. The van der Waals surface area contributed by atoms with Crippen LogP contribution >= 0.6 is 11.3 Å². The van der Waals surface area contributed by atoms with Gasteiger partial charge in [0.2, 0.25) is 0 Å². The Balaban J connectivity index is 1.96. The summed E-state index contributed by atoms with van der Waals surface area (Å²) in [5.74, 6) is 0. The Bertz CT molecular complexity index is 507. The van der Waals surface area contributed by atoms with Crippen LogP contribution in [0.2, 0.25) is 0 Å². The number of para-hydroxylation sites is 1. The van der Waals surface area contributed by atoms with Crippen LogP contribution in [0, 0.1) is 0 Å². The van der Waals surface area contributed by atoms with Crippen molar-refractivity contribution in [1.29, 1.82) is 0 Å². The van der Waals surface area contributed by atoms with E-state index in [4.69, 9.17) is 0 Å². The largest absolute Gasteiger partial charge is 0.362 e. The van der Waals surface area contributed by atoms with Crippen LogP contribution < -0.4 is 10.2 Å². The second-order valence-electron chi connectivity index (χ2n) is 4.69. The molecule has 18 heavy (non-hydrogen) atoms. The van der Waals surface area contributed by atoms with Gasteiger partial charge >= 0.3 is 0 Å². The summed E-state index contributed by atoms with van der Waals surface area (Å²) in [6.45, 7) is 5.39. The number of fused-ring (bicyclic) bond motifs is 1. The first-order valence-corrected chi connectivity index (χ1v) is 7.33. The highest BCUT2D eigenvalue weighted by molar-refractivity contribution is 7.10. The zero-order valence-electron chi connectivity index (χ0n) is 10.6. The van der Waals surface area contributed by atoms with Crippen LogP contribution in [-0.4, -0.2) is 13.1 Å². The van der Waals surface area contributed by atoms with E-state index in [0.717, 1.165) is 19.6 Å². The molecular weight excluding hydrogens is 240 g/mol. The number of rotatable bonds is 2. The first kappa shape index (κ1) is 11.8. The fourth-order valence-corrected chi connectivity index (χ4v) is 3.36. The third kappa shape index (κ3) is 2.16. The van der Waals surface area contributed by atoms with Gasteiger partial charge in [-0.15, -0.1) is 11.3 Å². The van der Waals surface area contributed by atoms with Gasteiger partial charge in [0.05, 0.1) is 6.04 Å². The molecule has 1 N–H and O–H groups in total. The molecule has 3 heteroatoms. The number of nitrogens with zero attached hydrogens (tertiary/aromatic N) is 1. The molecule has 0 amide bonds. The normalized spacial score (nSPS) is 17.1. The van der Waals surface area contributed by atoms with Gasteiger partial charge in [0.15, 0.2) is 0 Å². The van der Waals surface area contributed by atoms with Crippen molar-refractivity contribution in [3.63, 3.8) is 0 Å². The van der Waals surface area contributed by atoms with Crippen molar-refractivity contribution in [3.05, 3.63) is 52.2 Å². The summed E-state index contributed by atoms with van der Waals surface area (Å²) in [5.41, 5.74) is 2.78. The smallest absolute Gasteiger partial charge is 0.0607 e. The average molecular weight is 258 g/mol. The molecule has 0 saturated carbocycles. The van der Waals surface area contributed by atoms with E-state index >= 15 is 0 Å². The molecule has 94 valence electrons. The van der Waals surface area contributed by atoms with Gasteiger partial charge in [-0.3, -0.25) is 0 Å². The lowest BCUT2D eigenvalue weighted by atomic mass is 10.1.